The highest BCUT2D eigenvalue weighted by Gasteiger charge is 2.45. The van der Waals surface area contributed by atoms with Crippen molar-refractivity contribution in [3.05, 3.63) is 58.7 Å². The van der Waals surface area contributed by atoms with Crippen molar-refractivity contribution >= 4 is 55.1 Å². The minimum absolute atomic E-state index is 0.00683. The number of thiophene rings is 1. The van der Waals surface area contributed by atoms with E-state index in [1.807, 2.05) is 11.0 Å². The predicted octanol–water partition coefficient (Wildman–Crippen LogP) is 8.80. The number of rotatable bonds is 8. The molecule has 13 nitrogen and oxygen atoms in total. The van der Waals surface area contributed by atoms with Gasteiger partial charge >= 0.3 is 18.3 Å². The SMILES string of the molecule is CN1CC[C@H](C(F)F)[C@](C)(COc2nc(N3CCCn4nc(C(=O)N(C)C)cc4C3)c3cc(C(F)(F)F)c(-c4cccc5sc(NC(=O)OC(C)(C)C)c(C#N)c45)c(F)c3n2)C1. The molecule has 3 aromatic heterocycles. The third-order valence-corrected chi connectivity index (χ3v) is 12.1. The molecule has 2 aliphatic rings. The van der Waals surface area contributed by atoms with Crippen LogP contribution in [-0.4, -0.2) is 101 Å². The van der Waals surface area contributed by atoms with Gasteiger partial charge in [-0.25, -0.2) is 18.0 Å². The van der Waals surface area contributed by atoms with Crippen LogP contribution >= 0.6 is 11.3 Å². The molecular formula is C42H45F6N9O4S. The summed E-state index contributed by atoms with van der Waals surface area (Å²) in [5.41, 5.74) is -4.68. The molecule has 0 unspecified atom stereocenters. The highest BCUT2D eigenvalue weighted by molar-refractivity contribution is 7.23. The molecule has 2 atom stereocenters. The van der Waals surface area contributed by atoms with Crippen molar-refractivity contribution in [3.8, 4) is 23.2 Å². The van der Waals surface area contributed by atoms with E-state index in [1.54, 1.807) is 64.5 Å². The number of carbonyl (C=O) groups excluding carboxylic acids is 2. The van der Waals surface area contributed by atoms with Gasteiger partial charge in [-0.1, -0.05) is 19.1 Å². The summed E-state index contributed by atoms with van der Waals surface area (Å²) in [6.45, 7) is 7.46. The highest BCUT2D eigenvalue weighted by atomic mass is 32.1. The van der Waals surface area contributed by atoms with Crippen molar-refractivity contribution in [2.75, 3.05) is 57.6 Å². The Morgan fingerprint density at radius 3 is 2.53 bits per heavy atom. The summed E-state index contributed by atoms with van der Waals surface area (Å²) in [5, 5.41) is 16.9. The van der Waals surface area contributed by atoms with Crippen molar-refractivity contribution in [1.82, 2.24) is 29.5 Å². The summed E-state index contributed by atoms with van der Waals surface area (Å²) in [6.07, 6.45) is -8.16. The zero-order chi connectivity index (χ0) is 45.1. The fourth-order valence-corrected chi connectivity index (χ4v) is 9.31. The Bertz CT molecular complexity index is 2600. The quantitative estimate of drug-likeness (QED) is 0.150. The lowest BCUT2D eigenvalue weighted by atomic mass is 9.73. The molecule has 7 rings (SSSR count). The summed E-state index contributed by atoms with van der Waals surface area (Å²) in [4.78, 5) is 39.4. The molecule has 330 valence electrons. The number of likely N-dealkylation sites (tertiary alicyclic amines) is 1. The number of nitrogens with zero attached hydrogens (tertiary/aromatic N) is 8. The van der Waals surface area contributed by atoms with Crippen LogP contribution in [0.15, 0.2) is 30.3 Å². The lowest BCUT2D eigenvalue weighted by Crippen LogP contribution is -2.51. The average molecular weight is 886 g/mol. The van der Waals surface area contributed by atoms with Crippen LogP contribution in [0.1, 0.15) is 67.8 Å². The van der Waals surface area contributed by atoms with Crippen LogP contribution < -0.4 is 15.0 Å². The van der Waals surface area contributed by atoms with Crippen molar-refractivity contribution in [2.45, 2.75) is 71.8 Å². The van der Waals surface area contributed by atoms with E-state index in [2.05, 4.69) is 20.4 Å². The number of ether oxygens (including phenoxy) is 2. The van der Waals surface area contributed by atoms with E-state index < -0.39 is 64.1 Å². The molecule has 0 saturated carbocycles. The van der Waals surface area contributed by atoms with Crippen molar-refractivity contribution in [3.63, 3.8) is 0 Å². The lowest BCUT2D eigenvalue weighted by Gasteiger charge is -2.44. The molecule has 2 aliphatic heterocycles. The Kier molecular flexibility index (Phi) is 11.8. The zero-order valence-electron chi connectivity index (χ0n) is 35.1. The van der Waals surface area contributed by atoms with Gasteiger partial charge in [-0.2, -0.15) is 33.5 Å². The number of amides is 2. The number of benzene rings is 2. The van der Waals surface area contributed by atoms with Gasteiger partial charge in [-0.3, -0.25) is 14.8 Å². The number of aryl methyl sites for hydroxylation is 1. The maximum absolute atomic E-state index is 17.6. The highest BCUT2D eigenvalue weighted by Crippen LogP contribution is 2.48. The Hall–Kier alpha value is -5.68. The molecule has 5 heterocycles. The molecule has 0 radical (unpaired) electrons. The predicted molar refractivity (Wildman–Crippen MR) is 221 cm³/mol. The largest absolute Gasteiger partial charge is 0.463 e. The third-order valence-electron chi connectivity index (χ3n) is 11.0. The van der Waals surface area contributed by atoms with E-state index in [4.69, 9.17) is 9.47 Å². The maximum atomic E-state index is 17.6. The van der Waals surface area contributed by atoms with Crippen LogP contribution in [0.4, 0.5) is 42.0 Å². The molecular weight excluding hydrogens is 841 g/mol. The van der Waals surface area contributed by atoms with Gasteiger partial charge in [-0.15, -0.1) is 11.3 Å². The van der Waals surface area contributed by atoms with Crippen molar-refractivity contribution < 1.29 is 45.4 Å². The Labute approximate surface area is 357 Å². The van der Waals surface area contributed by atoms with Gasteiger partial charge in [0.15, 0.2) is 11.5 Å². The van der Waals surface area contributed by atoms with E-state index in [0.717, 1.165) is 17.4 Å². The minimum Gasteiger partial charge on any atom is -0.463 e. The summed E-state index contributed by atoms with van der Waals surface area (Å²) in [7, 11) is 4.94. The van der Waals surface area contributed by atoms with E-state index in [0.29, 0.717) is 25.2 Å². The molecule has 1 N–H and O–H groups in total. The topological polar surface area (TPSA) is 142 Å². The number of nitriles is 1. The number of piperidine rings is 1. The van der Waals surface area contributed by atoms with E-state index >= 15 is 17.6 Å². The van der Waals surface area contributed by atoms with Crippen LogP contribution in [-0.2, 0) is 24.0 Å². The van der Waals surface area contributed by atoms with Crippen LogP contribution in [0, 0.1) is 28.5 Å². The number of hydrogen-bond donors (Lipinski definition) is 1. The molecule has 0 bridgehead atoms. The Morgan fingerprint density at radius 1 is 1.13 bits per heavy atom. The summed E-state index contributed by atoms with van der Waals surface area (Å²) < 4.78 is 106. The number of alkyl halides is 5. The van der Waals surface area contributed by atoms with Crippen LogP contribution in [0.3, 0.4) is 0 Å². The number of fused-ring (bicyclic) bond motifs is 3. The molecule has 2 amide bonds. The lowest BCUT2D eigenvalue weighted by molar-refractivity contribution is -0.137. The minimum atomic E-state index is -5.16. The van der Waals surface area contributed by atoms with Crippen molar-refractivity contribution in [2.24, 2.45) is 11.3 Å². The normalized spacial score (nSPS) is 18.7. The first-order chi connectivity index (χ1) is 29.1. The molecule has 62 heavy (non-hydrogen) atoms. The second kappa shape index (κ2) is 16.5. The fourth-order valence-electron chi connectivity index (χ4n) is 8.24. The van der Waals surface area contributed by atoms with Crippen molar-refractivity contribution in [1.29, 1.82) is 5.26 Å². The molecule has 0 spiro atoms. The van der Waals surface area contributed by atoms with Gasteiger partial charge in [0.1, 0.15) is 28.0 Å². The van der Waals surface area contributed by atoms with Gasteiger partial charge in [0.05, 0.1) is 30.0 Å². The van der Waals surface area contributed by atoms with Gasteiger partial charge in [0.25, 0.3) is 5.91 Å². The average Bonchev–Trinajstić information content (AvgIpc) is 3.68. The first kappa shape index (κ1) is 44.4. The molecule has 5 aromatic rings. The van der Waals surface area contributed by atoms with Gasteiger partial charge < -0.3 is 24.2 Å². The number of aromatic nitrogens is 4. The second-order valence-corrected chi connectivity index (χ2v) is 18.2. The van der Waals surface area contributed by atoms with E-state index in [1.165, 1.54) is 23.1 Å². The number of nitrogens with one attached hydrogen (secondary N) is 1. The summed E-state index contributed by atoms with van der Waals surface area (Å²) in [6, 6.07) is 8.04. The summed E-state index contributed by atoms with van der Waals surface area (Å²) >= 11 is 0.903. The number of hydrogen-bond acceptors (Lipinski definition) is 11. The monoisotopic (exact) mass is 885 g/mol. The maximum Gasteiger partial charge on any atom is 0.417 e. The van der Waals surface area contributed by atoms with E-state index in [-0.39, 0.29) is 81.7 Å². The van der Waals surface area contributed by atoms with Gasteiger partial charge in [-0.05, 0) is 71.0 Å². The first-order valence-electron chi connectivity index (χ1n) is 19.8. The van der Waals surface area contributed by atoms with Gasteiger partial charge in [0, 0.05) is 66.1 Å². The second-order valence-electron chi connectivity index (χ2n) is 17.2. The molecule has 1 saturated heterocycles. The fraction of sp³-hybridized carbons (Fsp3) is 0.476. The summed E-state index contributed by atoms with van der Waals surface area (Å²) in [5.74, 6) is -2.94. The number of halogens is 6. The zero-order valence-corrected chi connectivity index (χ0v) is 35.9. The van der Waals surface area contributed by atoms with Crippen LogP contribution in [0.2, 0.25) is 0 Å². The van der Waals surface area contributed by atoms with Crippen LogP contribution in [0.5, 0.6) is 6.01 Å². The molecule has 20 heteroatoms. The molecule has 2 aromatic carbocycles. The number of carbonyl (C=O) groups is 2. The molecule has 0 aliphatic carbocycles. The molecule has 1 fully saturated rings. The Morgan fingerprint density at radius 2 is 1.87 bits per heavy atom. The number of anilines is 2. The van der Waals surface area contributed by atoms with Crippen LogP contribution in [0.25, 0.3) is 32.1 Å². The Balaban J connectivity index is 1.43. The van der Waals surface area contributed by atoms with E-state index in [9.17, 15) is 23.6 Å². The third kappa shape index (κ3) is 8.69. The van der Waals surface area contributed by atoms with Gasteiger partial charge in [0.2, 0.25) is 6.43 Å². The first-order valence-corrected chi connectivity index (χ1v) is 20.6. The smallest absolute Gasteiger partial charge is 0.417 e. The standard InChI is InChI=1S/C42H45F6N9O4S/c1-40(2,3)61-39(59)52-36-25(18-49)30-23(10-8-11-29(30)62-36)31-27(42(46,47)48)17-24-33(32(31)43)50-38(60-21-41(4)20-55(7)15-12-26(41)34(44)45)51-35(24)56-13-9-14-57-22(19-56)16-28(53-57)37(58)54(5)6/h8,10-11,16-17,26,34H,9,12-15,19-21H2,1-7H3,(H,52,59)/t26-,41+/m1/s1.